The molecule has 0 spiro atoms. The fraction of sp³-hybridized carbons (Fsp3) is 0.600. The summed E-state index contributed by atoms with van der Waals surface area (Å²) in [5.41, 5.74) is 2.92. The summed E-state index contributed by atoms with van der Waals surface area (Å²) >= 11 is 5.85. The predicted molar refractivity (Wildman–Crippen MR) is 79.2 cm³/mol. The molecule has 0 saturated heterocycles. The molecule has 0 aromatic heterocycles. The summed E-state index contributed by atoms with van der Waals surface area (Å²) in [5.74, 6) is 7.99. The highest BCUT2D eigenvalue weighted by Crippen LogP contribution is 2.30. The van der Waals surface area contributed by atoms with Gasteiger partial charge in [0, 0.05) is 5.02 Å². The van der Waals surface area contributed by atoms with Gasteiger partial charge in [-0.3, -0.25) is 11.3 Å². The maximum absolute atomic E-state index is 5.85. The highest BCUT2D eigenvalue weighted by molar-refractivity contribution is 6.30. The summed E-state index contributed by atoms with van der Waals surface area (Å²) in [6, 6.07) is 7.68. The van der Waals surface area contributed by atoms with E-state index in [-0.39, 0.29) is 6.04 Å². The van der Waals surface area contributed by atoms with Gasteiger partial charge in [-0.15, -0.1) is 0 Å². The molecular weight excluding hydrogens is 260 g/mol. The Bertz CT molecular complexity index is 374. The van der Waals surface area contributed by atoms with Gasteiger partial charge in [-0.1, -0.05) is 31.4 Å². The molecule has 1 atom stereocenters. The highest BCUT2D eigenvalue weighted by Gasteiger charge is 2.25. The molecular formula is C15H23ClN2O. The second-order valence-corrected chi connectivity index (χ2v) is 5.99. The number of nitrogens with one attached hydrogen (secondary N) is 1. The van der Waals surface area contributed by atoms with Crippen LogP contribution in [0.2, 0.25) is 5.02 Å². The van der Waals surface area contributed by atoms with Crippen LogP contribution < -0.4 is 16.0 Å². The molecule has 0 aliphatic heterocycles. The van der Waals surface area contributed by atoms with Gasteiger partial charge >= 0.3 is 0 Å². The number of hydrogen-bond acceptors (Lipinski definition) is 3. The molecule has 1 aliphatic carbocycles. The van der Waals surface area contributed by atoms with Crippen LogP contribution in [0.25, 0.3) is 0 Å². The lowest BCUT2D eigenvalue weighted by Gasteiger charge is -2.32. The van der Waals surface area contributed by atoms with Crippen molar-refractivity contribution in [1.29, 1.82) is 0 Å². The van der Waals surface area contributed by atoms with E-state index in [1.165, 1.54) is 25.7 Å². The Labute approximate surface area is 120 Å². The van der Waals surface area contributed by atoms with E-state index in [1.807, 2.05) is 24.3 Å². The average molecular weight is 283 g/mol. The molecule has 1 aliphatic rings. The molecule has 0 bridgehead atoms. The number of benzene rings is 1. The van der Waals surface area contributed by atoms with E-state index in [9.17, 15) is 0 Å². The normalized spacial score (nSPS) is 25.0. The molecule has 1 aromatic carbocycles. The molecule has 3 nitrogen and oxygen atoms in total. The molecule has 2 rings (SSSR count). The van der Waals surface area contributed by atoms with Gasteiger partial charge in [0.1, 0.15) is 12.4 Å². The minimum Gasteiger partial charge on any atom is -0.492 e. The molecule has 19 heavy (non-hydrogen) atoms. The zero-order chi connectivity index (χ0) is 13.7. The standard InChI is InChI=1S/C15H23ClN2O/c1-11-2-4-12(5-3-11)15(18-17)10-19-14-8-6-13(16)7-9-14/h6-9,11-12,15,18H,2-5,10,17H2,1H3. The number of nitrogens with two attached hydrogens (primary N) is 1. The quantitative estimate of drug-likeness (QED) is 0.643. The zero-order valence-electron chi connectivity index (χ0n) is 11.4. The minimum absolute atomic E-state index is 0.225. The topological polar surface area (TPSA) is 47.3 Å². The van der Waals surface area contributed by atoms with Crippen LogP contribution in [0.15, 0.2) is 24.3 Å². The molecule has 0 radical (unpaired) electrons. The van der Waals surface area contributed by atoms with Gasteiger partial charge in [-0.05, 0) is 48.9 Å². The Kier molecular flexibility index (Phi) is 5.49. The van der Waals surface area contributed by atoms with Crippen molar-refractivity contribution >= 4 is 11.6 Å². The summed E-state index contributed by atoms with van der Waals surface area (Å²) in [4.78, 5) is 0. The Morgan fingerprint density at radius 3 is 2.47 bits per heavy atom. The van der Waals surface area contributed by atoms with E-state index in [4.69, 9.17) is 22.2 Å². The van der Waals surface area contributed by atoms with Crippen molar-refractivity contribution < 1.29 is 4.74 Å². The van der Waals surface area contributed by atoms with Crippen LogP contribution in [0.4, 0.5) is 0 Å². The van der Waals surface area contributed by atoms with E-state index in [2.05, 4.69) is 12.3 Å². The number of hydrazine groups is 1. The Morgan fingerprint density at radius 2 is 1.89 bits per heavy atom. The lowest BCUT2D eigenvalue weighted by molar-refractivity contribution is 0.170. The number of ether oxygens (including phenoxy) is 1. The Hall–Kier alpha value is -0.770. The third-order valence-corrected chi connectivity index (χ3v) is 4.34. The van der Waals surface area contributed by atoms with E-state index in [0.717, 1.165) is 16.7 Å². The average Bonchev–Trinajstić information content (AvgIpc) is 2.43. The first-order chi connectivity index (χ1) is 9.19. The zero-order valence-corrected chi connectivity index (χ0v) is 12.2. The largest absolute Gasteiger partial charge is 0.492 e. The lowest BCUT2D eigenvalue weighted by atomic mass is 9.79. The number of hydrogen-bond donors (Lipinski definition) is 2. The maximum atomic E-state index is 5.85. The van der Waals surface area contributed by atoms with Gasteiger partial charge in [0.05, 0.1) is 6.04 Å². The van der Waals surface area contributed by atoms with Crippen LogP contribution >= 0.6 is 11.6 Å². The minimum atomic E-state index is 0.225. The number of halogens is 1. The van der Waals surface area contributed by atoms with E-state index in [1.54, 1.807) is 0 Å². The van der Waals surface area contributed by atoms with Crippen molar-refractivity contribution in [3.63, 3.8) is 0 Å². The summed E-state index contributed by atoms with van der Waals surface area (Å²) in [6.45, 7) is 2.93. The Morgan fingerprint density at radius 1 is 1.26 bits per heavy atom. The fourth-order valence-electron chi connectivity index (χ4n) is 2.73. The van der Waals surface area contributed by atoms with Crippen LogP contribution in [0, 0.1) is 11.8 Å². The van der Waals surface area contributed by atoms with Crippen LogP contribution in [0.5, 0.6) is 5.75 Å². The van der Waals surface area contributed by atoms with Crippen LogP contribution in [-0.2, 0) is 0 Å². The van der Waals surface area contributed by atoms with Gasteiger partial charge in [-0.2, -0.15) is 0 Å². The van der Waals surface area contributed by atoms with Gasteiger partial charge in [0.15, 0.2) is 0 Å². The molecule has 0 heterocycles. The summed E-state index contributed by atoms with van der Waals surface area (Å²) in [6.07, 6.45) is 5.06. The summed E-state index contributed by atoms with van der Waals surface area (Å²) in [7, 11) is 0. The van der Waals surface area contributed by atoms with Gasteiger partial charge in [-0.25, -0.2) is 0 Å². The van der Waals surface area contributed by atoms with Gasteiger partial charge in [0.25, 0.3) is 0 Å². The first kappa shape index (κ1) is 14.6. The molecule has 1 unspecified atom stereocenters. The van der Waals surface area contributed by atoms with Crippen molar-refractivity contribution in [2.75, 3.05) is 6.61 Å². The smallest absolute Gasteiger partial charge is 0.119 e. The molecule has 0 amide bonds. The van der Waals surface area contributed by atoms with Crippen LogP contribution in [0.1, 0.15) is 32.6 Å². The third-order valence-electron chi connectivity index (χ3n) is 4.09. The first-order valence-electron chi connectivity index (χ1n) is 7.03. The second kappa shape index (κ2) is 7.13. The first-order valence-corrected chi connectivity index (χ1v) is 7.41. The van der Waals surface area contributed by atoms with E-state index < -0.39 is 0 Å². The summed E-state index contributed by atoms with van der Waals surface area (Å²) < 4.78 is 5.79. The van der Waals surface area contributed by atoms with Crippen molar-refractivity contribution in [2.45, 2.75) is 38.6 Å². The number of rotatable bonds is 5. The molecule has 1 aromatic rings. The van der Waals surface area contributed by atoms with Crippen LogP contribution in [-0.4, -0.2) is 12.6 Å². The van der Waals surface area contributed by atoms with E-state index >= 15 is 0 Å². The molecule has 1 saturated carbocycles. The third kappa shape index (κ3) is 4.37. The molecule has 3 N–H and O–H groups in total. The predicted octanol–water partition coefficient (Wildman–Crippen LogP) is 3.38. The lowest BCUT2D eigenvalue weighted by Crippen LogP contribution is -2.46. The fourth-order valence-corrected chi connectivity index (χ4v) is 2.85. The van der Waals surface area contributed by atoms with Crippen molar-refractivity contribution in [3.8, 4) is 5.75 Å². The van der Waals surface area contributed by atoms with Crippen molar-refractivity contribution in [2.24, 2.45) is 17.7 Å². The highest BCUT2D eigenvalue weighted by atomic mass is 35.5. The van der Waals surface area contributed by atoms with Crippen molar-refractivity contribution in [3.05, 3.63) is 29.3 Å². The SMILES string of the molecule is CC1CCC(C(COc2ccc(Cl)cc2)NN)CC1. The molecule has 4 heteroatoms. The van der Waals surface area contributed by atoms with Gasteiger partial charge in [0.2, 0.25) is 0 Å². The van der Waals surface area contributed by atoms with Gasteiger partial charge < -0.3 is 4.74 Å². The summed E-state index contributed by atoms with van der Waals surface area (Å²) in [5, 5.41) is 0.724. The van der Waals surface area contributed by atoms with Crippen molar-refractivity contribution in [1.82, 2.24) is 5.43 Å². The van der Waals surface area contributed by atoms with Crippen LogP contribution in [0.3, 0.4) is 0 Å². The second-order valence-electron chi connectivity index (χ2n) is 5.56. The molecule has 1 fully saturated rings. The Balaban J connectivity index is 1.83. The maximum Gasteiger partial charge on any atom is 0.119 e. The molecule has 106 valence electrons. The van der Waals surface area contributed by atoms with E-state index in [0.29, 0.717) is 12.5 Å². The monoisotopic (exact) mass is 282 g/mol.